The zero-order chi connectivity index (χ0) is 12.5. The first-order chi connectivity index (χ1) is 8.06. The number of benzene rings is 1. The second-order valence-electron chi connectivity index (χ2n) is 5.38. The molecule has 0 aliphatic heterocycles. The maximum Gasteiger partial charge on any atom is 0.132 e. The molecule has 1 aliphatic carbocycles. The number of rotatable bonds is 3. The van der Waals surface area contributed by atoms with Gasteiger partial charge in [0.25, 0.3) is 0 Å². The SMILES string of the molecule is Cc1cc(C)c(OC2(CO)CCCC2)c(C)c1. The van der Waals surface area contributed by atoms with E-state index < -0.39 is 0 Å². The Morgan fingerprint density at radius 3 is 2.12 bits per heavy atom. The van der Waals surface area contributed by atoms with Gasteiger partial charge in [-0.15, -0.1) is 0 Å². The van der Waals surface area contributed by atoms with Gasteiger partial charge in [-0.25, -0.2) is 0 Å². The molecule has 0 radical (unpaired) electrons. The van der Waals surface area contributed by atoms with Gasteiger partial charge < -0.3 is 9.84 Å². The van der Waals surface area contributed by atoms with E-state index in [1.807, 2.05) is 0 Å². The minimum absolute atomic E-state index is 0.125. The molecule has 2 rings (SSSR count). The highest BCUT2D eigenvalue weighted by Gasteiger charge is 2.36. The van der Waals surface area contributed by atoms with E-state index in [9.17, 15) is 5.11 Å². The summed E-state index contributed by atoms with van der Waals surface area (Å²) >= 11 is 0. The fraction of sp³-hybridized carbons (Fsp3) is 0.600. The van der Waals surface area contributed by atoms with E-state index in [1.165, 1.54) is 16.7 Å². The van der Waals surface area contributed by atoms with E-state index in [1.54, 1.807) is 0 Å². The normalized spacial score (nSPS) is 18.4. The summed E-state index contributed by atoms with van der Waals surface area (Å²) in [5, 5.41) is 9.59. The lowest BCUT2D eigenvalue weighted by Crippen LogP contribution is -2.37. The second-order valence-corrected chi connectivity index (χ2v) is 5.38. The number of aryl methyl sites for hydroxylation is 3. The molecule has 1 N–H and O–H groups in total. The first-order valence-electron chi connectivity index (χ1n) is 6.44. The Labute approximate surface area is 104 Å². The molecule has 0 saturated heterocycles. The quantitative estimate of drug-likeness (QED) is 0.869. The Morgan fingerprint density at radius 1 is 1.12 bits per heavy atom. The highest BCUT2D eigenvalue weighted by atomic mass is 16.5. The summed E-state index contributed by atoms with van der Waals surface area (Å²) in [6.07, 6.45) is 4.25. The van der Waals surface area contributed by atoms with Crippen LogP contribution in [0.25, 0.3) is 0 Å². The van der Waals surface area contributed by atoms with E-state index in [2.05, 4.69) is 32.9 Å². The molecule has 0 amide bonds. The second kappa shape index (κ2) is 4.69. The van der Waals surface area contributed by atoms with Crippen LogP contribution in [0.2, 0.25) is 0 Å². The van der Waals surface area contributed by atoms with Crippen LogP contribution in [0.4, 0.5) is 0 Å². The van der Waals surface area contributed by atoms with Gasteiger partial charge in [-0.05, 0) is 57.6 Å². The van der Waals surface area contributed by atoms with Gasteiger partial charge in [-0.3, -0.25) is 0 Å². The number of hydrogen-bond donors (Lipinski definition) is 1. The lowest BCUT2D eigenvalue weighted by Gasteiger charge is -2.30. The fourth-order valence-corrected chi connectivity index (χ4v) is 2.86. The average Bonchev–Trinajstić information content (AvgIpc) is 2.73. The molecule has 1 saturated carbocycles. The van der Waals surface area contributed by atoms with Gasteiger partial charge in [0.15, 0.2) is 0 Å². The molecular formula is C15H22O2. The molecule has 0 aromatic heterocycles. The standard InChI is InChI=1S/C15H22O2/c1-11-8-12(2)14(13(3)9-11)17-15(10-16)6-4-5-7-15/h8-9,16H,4-7,10H2,1-3H3. The molecule has 0 spiro atoms. The maximum absolute atomic E-state index is 9.59. The molecule has 2 heteroatoms. The molecule has 0 unspecified atom stereocenters. The summed E-state index contributed by atoms with van der Waals surface area (Å²) in [5.41, 5.74) is 3.27. The van der Waals surface area contributed by atoms with Gasteiger partial charge in [-0.1, -0.05) is 17.7 Å². The Morgan fingerprint density at radius 2 is 1.65 bits per heavy atom. The monoisotopic (exact) mass is 234 g/mol. The van der Waals surface area contributed by atoms with E-state index in [0.717, 1.165) is 31.4 Å². The third-order valence-electron chi connectivity index (χ3n) is 3.73. The topological polar surface area (TPSA) is 29.5 Å². The average molecular weight is 234 g/mol. The Bertz CT molecular complexity index is 380. The van der Waals surface area contributed by atoms with Crippen molar-refractivity contribution in [1.29, 1.82) is 0 Å². The molecule has 17 heavy (non-hydrogen) atoms. The van der Waals surface area contributed by atoms with Crippen LogP contribution < -0.4 is 4.74 Å². The Hall–Kier alpha value is -1.02. The van der Waals surface area contributed by atoms with Crippen LogP contribution in [-0.4, -0.2) is 17.3 Å². The molecule has 0 atom stereocenters. The summed E-state index contributed by atoms with van der Waals surface area (Å²) in [6, 6.07) is 4.28. The van der Waals surface area contributed by atoms with Crippen LogP contribution in [0, 0.1) is 20.8 Å². The molecular weight excluding hydrogens is 212 g/mol. The molecule has 1 aliphatic rings. The predicted octanol–water partition coefficient (Wildman–Crippen LogP) is 3.30. The minimum Gasteiger partial charge on any atom is -0.484 e. The van der Waals surface area contributed by atoms with Crippen molar-refractivity contribution in [3.8, 4) is 5.75 Å². The summed E-state index contributed by atoms with van der Waals surface area (Å²) in [5.74, 6) is 0.964. The van der Waals surface area contributed by atoms with E-state index in [0.29, 0.717) is 0 Å². The van der Waals surface area contributed by atoms with Crippen LogP contribution in [0.1, 0.15) is 42.4 Å². The molecule has 1 aromatic rings. The van der Waals surface area contributed by atoms with Gasteiger partial charge in [0.2, 0.25) is 0 Å². The highest BCUT2D eigenvalue weighted by Crippen LogP contribution is 2.36. The summed E-state index contributed by atoms with van der Waals surface area (Å²) in [4.78, 5) is 0. The Kier molecular flexibility index (Phi) is 3.43. The van der Waals surface area contributed by atoms with Crippen molar-refractivity contribution in [2.45, 2.75) is 52.1 Å². The lowest BCUT2D eigenvalue weighted by atomic mass is 10.0. The molecule has 0 bridgehead atoms. The zero-order valence-corrected chi connectivity index (χ0v) is 11.0. The van der Waals surface area contributed by atoms with Crippen LogP contribution in [0.5, 0.6) is 5.75 Å². The molecule has 94 valence electrons. The largest absolute Gasteiger partial charge is 0.484 e. The Balaban J connectivity index is 2.29. The summed E-state index contributed by atoms with van der Waals surface area (Å²) in [7, 11) is 0. The van der Waals surface area contributed by atoms with Crippen molar-refractivity contribution in [3.05, 3.63) is 28.8 Å². The number of aliphatic hydroxyl groups excluding tert-OH is 1. The third-order valence-corrected chi connectivity index (χ3v) is 3.73. The summed E-state index contributed by atoms with van der Waals surface area (Å²) < 4.78 is 6.18. The maximum atomic E-state index is 9.59. The predicted molar refractivity (Wildman–Crippen MR) is 69.6 cm³/mol. The van der Waals surface area contributed by atoms with Crippen molar-refractivity contribution >= 4 is 0 Å². The van der Waals surface area contributed by atoms with Gasteiger partial charge in [0.05, 0.1) is 6.61 Å². The first-order valence-corrected chi connectivity index (χ1v) is 6.44. The first kappa shape index (κ1) is 12.4. The van der Waals surface area contributed by atoms with E-state index in [4.69, 9.17) is 4.74 Å². The van der Waals surface area contributed by atoms with Gasteiger partial charge >= 0.3 is 0 Å². The van der Waals surface area contributed by atoms with Crippen molar-refractivity contribution in [3.63, 3.8) is 0 Å². The molecule has 1 fully saturated rings. The number of ether oxygens (including phenoxy) is 1. The summed E-state index contributed by atoms with van der Waals surface area (Å²) in [6.45, 7) is 6.38. The van der Waals surface area contributed by atoms with Gasteiger partial charge in [0, 0.05) is 0 Å². The zero-order valence-electron chi connectivity index (χ0n) is 11.0. The van der Waals surface area contributed by atoms with Crippen molar-refractivity contribution in [2.24, 2.45) is 0 Å². The van der Waals surface area contributed by atoms with Crippen LogP contribution in [0.3, 0.4) is 0 Å². The fourth-order valence-electron chi connectivity index (χ4n) is 2.86. The molecule has 0 heterocycles. The van der Waals surface area contributed by atoms with Gasteiger partial charge in [0.1, 0.15) is 11.4 Å². The molecule has 1 aromatic carbocycles. The van der Waals surface area contributed by atoms with Crippen molar-refractivity contribution in [2.75, 3.05) is 6.61 Å². The van der Waals surface area contributed by atoms with Crippen LogP contribution in [0.15, 0.2) is 12.1 Å². The van der Waals surface area contributed by atoms with Crippen molar-refractivity contribution < 1.29 is 9.84 Å². The van der Waals surface area contributed by atoms with E-state index >= 15 is 0 Å². The van der Waals surface area contributed by atoms with E-state index in [-0.39, 0.29) is 12.2 Å². The smallest absolute Gasteiger partial charge is 0.132 e. The highest BCUT2D eigenvalue weighted by molar-refractivity contribution is 5.43. The third kappa shape index (κ3) is 2.47. The van der Waals surface area contributed by atoms with Crippen molar-refractivity contribution in [1.82, 2.24) is 0 Å². The lowest BCUT2D eigenvalue weighted by molar-refractivity contribution is 0.0141. The number of hydrogen-bond acceptors (Lipinski definition) is 2. The molecule has 2 nitrogen and oxygen atoms in total. The van der Waals surface area contributed by atoms with Crippen LogP contribution >= 0.6 is 0 Å². The van der Waals surface area contributed by atoms with Crippen LogP contribution in [-0.2, 0) is 0 Å². The van der Waals surface area contributed by atoms with Gasteiger partial charge in [-0.2, -0.15) is 0 Å². The minimum atomic E-state index is -0.329. The number of aliphatic hydroxyl groups is 1.